The predicted octanol–water partition coefficient (Wildman–Crippen LogP) is 2.93. The van der Waals surface area contributed by atoms with E-state index in [1.165, 1.54) is 13.2 Å². The molecular weight excluding hydrogens is 280 g/mol. The maximum atomic E-state index is 11.0. The molecule has 1 aromatic heterocycles. The second kappa shape index (κ2) is 6.47. The maximum Gasteiger partial charge on any atom is 0.371 e. The van der Waals surface area contributed by atoms with Crippen LogP contribution in [0.4, 0.5) is 0 Å². The molecule has 20 heavy (non-hydrogen) atoms. The smallest absolute Gasteiger partial charge is 0.371 e. The summed E-state index contributed by atoms with van der Waals surface area (Å²) in [7, 11) is 1.37. The molecule has 6 heteroatoms. The molecule has 0 aliphatic carbocycles. The molecule has 106 valence electrons. The number of furan rings is 1. The van der Waals surface area contributed by atoms with Gasteiger partial charge in [0.15, 0.2) is 0 Å². The lowest BCUT2D eigenvalue weighted by molar-refractivity contribution is -0.140. The molecule has 5 nitrogen and oxygen atoms in total. The Hall–Kier alpha value is -1.95. The van der Waals surface area contributed by atoms with Gasteiger partial charge in [0.1, 0.15) is 5.58 Å². The first-order valence-electron chi connectivity index (χ1n) is 6.00. The number of fused-ring (bicyclic) bond motifs is 1. The van der Waals surface area contributed by atoms with E-state index in [2.05, 4.69) is 4.74 Å². The second-order valence-corrected chi connectivity index (χ2v) is 5.27. The number of carboxylic acid groups (broad SMARTS) is 1. The van der Waals surface area contributed by atoms with Crippen molar-refractivity contribution in [2.45, 2.75) is 12.2 Å². The van der Waals surface area contributed by atoms with E-state index in [4.69, 9.17) is 9.52 Å². The number of hydrogen-bond acceptors (Lipinski definition) is 5. The Balaban J connectivity index is 1.97. The molecule has 0 radical (unpaired) electrons. The molecule has 0 atom stereocenters. The van der Waals surface area contributed by atoms with E-state index in [0.29, 0.717) is 17.8 Å². The molecule has 1 aromatic carbocycles. The van der Waals surface area contributed by atoms with E-state index >= 15 is 0 Å². The zero-order chi connectivity index (χ0) is 14.5. The van der Waals surface area contributed by atoms with Crippen LogP contribution in [0.15, 0.2) is 28.7 Å². The molecule has 0 saturated heterocycles. The monoisotopic (exact) mass is 294 g/mol. The molecule has 0 unspecified atom stereocenters. The van der Waals surface area contributed by atoms with Crippen LogP contribution in [0.1, 0.15) is 22.5 Å². The van der Waals surface area contributed by atoms with Crippen LogP contribution < -0.4 is 0 Å². The summed E-state index contributed by atoms with van der Waals surface area (Å²) in [5.41, 5.74) is 1.62. The van der Waals surface area contributed by atoms with Gasteiger partial charge in [0.2, 0.25) is 5.76 Å². The predicted molar refractivity (Wildman–Crippen MR) is 76.0 cm³/mol. The molecule has 0 amide bonds. The van der Waals surface area contributed by atoms with E-state index in [0.717, 1.165) is 16.7 Å². The first-order valence-corrected chi connectivity index (χ1v) is 7.16. The summed E-state index contributed by atoms with van der Waals surface area (Å²) in [4.78, 5) is 21.8. The Morgan fingerprint density at radius 2 is 2.15 bits per heavy atom. The zero-order valence-corrected chi connectivity index (χ0v) is 11.7. The largest absolute Gasteiger partial charge is 0.475 e. The average molecular weight is 294 g/mol. The van der Waals surface area contributed by atoms with Gasteiger partial charge in [-0.15, -0.1) is 0 Å². The second-order valence-electron chi connectivity index (χ2n) is 4.17. The number of aromatic carboxylic acids is 1. The van der Waals surface area contributed by atoms with Crippen molar-refractivity contribution in [1.82, 2.24) is 0 Å². The van der Waals surface area contributed by atoms with Gasteiger partial charge in [0.25, 0.3) is 0 Å². The molecule has 0 aliphatic heterocycles. The van der Waals surface area contributed by atoms with Crippen LogP contribution in [0.5, 0.6) is 0 Å². The van der Waals surface area contributed by atoms with Crippen molar-refractivity contribution < 1.29 is 23.8 Å². The quantitative estimate of drug-likeness (QED) is 0.652. The highest BCUT2D eigenvalue weighted by molar-refractivity contribution is 7.98. The number of methoxy groups -OCH3 is 1. The van der Waals surface area contributed by atoms with Gasteiger partial charge in [0, 0.05) is 16.9 Å². The van der Waals surface area contributed by atoms with Crippen LogP contribution in [-0.4, -0.2) is 29.9 Å². The van der Waals surface area contributed by atoms with Gasteiger partial charge >= 0.3 is 11.9 Å². The van der Waals surface area contributed by atoms with Crippen molar-refractivity contribution in [2.75, 3.05) is 12.9 Å². The molecule has 0 bridgehead atoms. The summed E-state index contributed by atoms with van der Waals surface area (Å²) < 4.78 is 9.75. The summed E-state index contributed by atoms with van der Waals surface area (Å²) in [6.07, 6.45) is 0.387. The lowest BCUT2D eigenvalue weighted by atomic mass is 10.2. The standard InChI is InChI=1S/C14H14O5S/c1-18-13(15)4-5-20-8-9-2-3-11-10(6-9)7-12(19-11)14(16)17/h2-3,6-7H,4-5,8H2,1H3,(H,16,17). The third-order valence-electron chi connectivity index (χ3n) is 2.74. The van der Waals surface area contributed by atoms with Crippen LogP contribution in [0.25, 0.3) is 11.0 Å². The molecule has 0 aliphatic rings. The molecule has 1 heterocycles. The molecule has 2 aromatic rings. The van der Waals surface area contributed by atoms with Crippen molar-refractivity contribution in [1.29, 1.82) is 0 Å². The van der Waals surface area contributed by atoms with Crippen molar-refractivity contribution in [3.8, 4) is 0 Å². The van der Waals surface area contributed by atoms with E-state index in [9.17, 15) is 9.59 Å². The van der Waals surface area contributed by atoms with Gasteiger partial charge in [-0.05, 0) is 23.8 Å². The van der Waals surface area contributed by atoms with Gasteiger partial charge < -0.3 is 14.3 Å². The summed E-state index contributed by atoms with van der Waals surface area (Å²) >= 11 is 1.62. The Bertz CT molecular complexity index is 632. The van der Waals surface area contributed by atoms with Crippen molar-refractivity contribution in [3.63, 3.8) is 0 Å². The highest BCUT2D eigenvalue weighted by Gasteiger charge is 2.10. The van der Waals surface area contributed by atoms with Crippen molar-refractivity contribution in [2.24, 2.45) is 0 Å². The van der Waals surface area contributed by atoms with Gasteiger partial charge in [-0.2, -0.15) is 11.8 Å². The first-order chi connectivity index (χ1) is 9.60. The number of esters is 1. The number of hydrogen-bond donors (Lipinski definition) is 1. The lowest BCUT2D eigenvalue weighted by Gasteiger charge is -2.01. The minimum atomic E-state index is -1.07. The number of ether oxygens (including phenoxy) is 1. The van der Waals surface area contributed by atoms with Crippen LogP contribution in [0.2, 0.25) is 0 Å². The van der Waals surface area contributed by atoms with E-state index in [1.807, 2.05) is 12.1 Å². The van der Waals surface area contributed by atoms with E-state index < -0.39 is 5.97 Å². The fourth-order valence-corrected chi connectivity index (χ4v) is 2.61. The fourth-order valence-electron chi connectivity index (χ4n) is 1.74. The minimum Gasteiger partial charge on any atom is -0.475 e. The SMILES string of the molecule is COC(=O)CCSCc1ccc2oc(C(=O)O)cc2c1. The number of thioether (sulfide) groups is 1. The van der Waals surface area contributed by atoms with Gasteiger partial charge in [-0.25, -0.2) is 4.79 Å². The van der Waals surface area contributed by atoms with Crippen LogP contribution in [-0.2, 0) is 15.3 Å². The van der Waals surface area contributed by atoms with Gasteiger partial charge in [-0.3, -0.25) is 4.79 Å². The highest BCUT2D eigenvalue weighted by atomic mass is 32.2. The Morgan fingerprint density at radius 1 is 1.35 bits per heavy atom. The Labute approximate surface area is 119 Å². The fraction of sp³-hybridized carbons (Fsp3) is 0.286. The zero-order valence-electron chi connectivity index (χ0n) is 10.9. The summed E-state index contributed by atoms with van der Waals surface area (Å²) in [5, 5.41) is 9.63. The average Bonchev–Trinajstić information content (AvgIpc) is 2.86. The maximum absolute atomic E-state index is 11.0. The molecule has 2 rings (SSSR count). The first kappa shape index (κ1) is 14.5. The molecular formula is C14H14O5S. The van der Waals surface area contributed by atoms with Crippen molar-refractivity contribution >= 4 is 34.7 Å². The van der Waals surface area contributed by atoms with E-state index in [1.54, 1.807) is 17.8 Å². The number of carbonyl (C=O) groups excluding carboxylic acids is 1. The topological polar surface area (TPSA) is 76.7 Å². The van der Waals surface area contributed by atoms with Crippen LogP contribution >= 0.6 is 11.8 Å². The summed E-state index contributed by atoms with van der Waals surface area (Å²) in [6.45, 7) is 0. The van der Waals surface area contributed by atoms with Gasteiger partial charge in [0.05, 0.1) is 13.5 Å². The summed E-state index contributed by atoms with van der Waals surface area (Å²) in [6, 6.07) is 7.07. The number of carbonyl (C=O) groups is 2. The molecule has 0 saturated carbocycles. The summed E-state index contributed by atoms with van der Waals surface area (Å²) in [5.74, 6) is 0.0939. The molecule has 0 fully saturated rings. The normalized spacial score (nSPS) is 10.7. The Morgan fingerprint density at radius 3 is 2.85 bits per heavy atom. The third kappa shape index (κ3) is 3.54. The molecule has 1 N–H and O–H groups in total. The third-order valence-corrected chi connectivity index (χ3v) is 3.77. The minimum absolute atomic E-state index is 0.0597. The van der Waals surface area contributed by atoms with Crippen molar-refractivity contribution in [3.05, 3.63) is 35.6 Å². The molecule has 0 spiro atoms. The van der Waals surface area contributed by atoms with E-state index in [-0.39, 0.29) is 11.7 Å². The van der Waals surface area contributed by atoms with Crippen LogP contribution in [0.3, 0.4) is 0 Å². The lowest BCUT2D eigenvalue weighted by Crippen LogP contribution is -2.01. The number of benzene rings is 1. The highest BCUT2D eigenvalue weighted by Crippen LogP contribution is 2.23. The van der Waals surface area contributed by atoms with Crippen LogP contribution in [0, 0.1) is 0 Å². The Kier molecular flexibility index (Phi) is 4.68. The number of rotatable bonds is 6. The van der Waals surface area contributed by atoms with Gasteiger partial charge in [-0.1, -0.05) is 6.07 Å². The number of carboxylic acids is 1.